The second kappa shape index (κ2) is 5.26. The number of hydrogen-bond acceptors (Lipinski definition) is 1. The number of hydrogen-bond donors (Lipinski definition) is 0. The molecule has 0 radical (unpaired) electrons. The molecule has 0 atom stereocenters. The Kier molecular flexibility index (Phi) is 3.89. The number of ketones is 1. The van der Waals surface area contributed by atoms with Crippen molar-refractivity contribution in [2.75, 3.05) is 0 Å². The molecular weight excluding hydrogens is 220 g/mol. The molecule has 2 rings (SSSR count). The van der Waals surface area contributed by atoms with E-state index in [1.807, 2.05) is 18.2 Å². The molecule has 1 saturated carbocycles. The van der Waals surface area contributed by atoms with Gasteiger partial charge in [-0.2, -0.15) is 0 Å². The SMILES string of the molecule is CC(C)(C)c1ccccc1C(=O)C1CCCCC1. The van der Waals surface area contributed by atoms with Crippen LogP contribution in [-0.2, 0) is 5.41 Å². The number of rotatable bonds is 2. The van der Waals surface area contributed by atoms with Crippen molar-refractivity contribution in [2.24, 2.45) is 5.92 Å². The Labute approximate surface area is 111 Å². The van der Waals surface area contributed by atoms with Crippen LogP contribution in [0.5, 0.6) is 0 Å². The third kappa shape index (κ3) is 2.82. The maximum absolute atomic E-state index is 12.7. The van der Waals surface area contributed by atoms with Crippen molar-refractivity contribution >= 4 is 5.78 Å². The molecule has 0 aliphatic heterocycles. The summed E-state index contributed by atoms with van der Waals surface area (Å²) in [5.74, 6) is 0.641. The Balaban J connectivity index is 2.30. The van der Waals surface area contributed by atoms with Gasteiger partial charge in [0.1, 0.15) is 0 Å². The van der Waals surface area contributed by atoms with E-state index in [-0.39, 0.29) is 11.3 Å². The number of benzene rings is 1. The lowest BCUT2D eigenvalue weighted by atomic mass is 9.78. The molecule has 98 valence electrons. The van der Waals surface area contributed by atoms with E-state index >= 15 is 0 Å². The minimum absolute atomic E-state index is 0.0426. The molecule has 0 spiro atoms. The summed E-state index contributed by atoms with van der Waals surface area (Å²) >= 11 is 0. The highest BCUT2D eigenvalue weighted by molar-refractivity contribution is 5.99. The van der Waals surface area contributed by atoms with Gasteiger partial charge in [0, 0.05) is 11.5 Å². The first-order valence-corrected chi connectivity index (χ1v) is 7.14. The van der Waals surface area contributed by atoms with Crippen molar-refractivity contribution in [3.05, 3.63) is 35.4 Å². The molecular formula is C17H24O. The van der Waals surface area contributed by atoms with Crippen molar-refractivity contribution in [1.82, 2.24) is 0 Å². The summed E-state index contributed by atoms with van der Waals surface area (Å²) in [5.41, 5.74) is 2.19. The molecule has 1 fully saturated rings. The molecule has 18 heavy (non-hydrogen) atoms. The van der Waals surface area contributed by atoms with Crippen molar-refractivity contribution < 1.29 is 4.79 Å². The van der Waals surface area contributed by atoms with Crippen LogP contribution < -0.4 is 0 Å². The summed E-state index contributed by atoms with van der Waals surface area (Å²) in [6.45, 7) is 6.54. The molecule has 1 aliphatic carbocycles. The standard InChI is InChI=1S/C17H24O/c1-17(2,3)15-12-8-7-11-14(15)16(18)13-9-5-4-6-10-13/h7-8,11-13H,4-6,9-10H2,1-3H3. The van der Waals surface area contributed by atoms with Crippen LogP contribution >= 0.6 is 0 Å². The Morgan fingerprint density at radius 3 is 2.28 bits per heavy atom. The quantitative estimate of drug-likeness (QED) is 0.686. The maximum Gasteiger partial charge on any atom is 0.166 e. The first-order valence-electron chi connectivity index (χ1n) is 7.14. The summed E-state index contributed by atoms with van der Waals surface area (Å²) in [4.78, 5) is 12.7. The van der Waals surface area contributed by atoms with E-state index in [1.54, 1.807) is 0 Å². The summed E-state index contributed by atoms with van der Waals surface area (Å²) < 4.78 is 0. The van der Waals surface area contributed by atoms with Crippen LogP contribution in [0.2, 0.25) is 0 Å². The smallest absolute Gasteiger partial charge is 0.166 e. The third-order valence-electron chi connectivity index (χ3n) is 3.98. The molecule has 0 aromatic heterocycles. The van der Waals surface area contributed by atoms with Gasteiger partial charge < -0.3 is 0 Å². The van der Waals surface area contributed by atoms with Crippen LogP contribution in [0.4, 0.5) is 0 Å². The fourth-order valence-corrected chi connectivity index (χ4v) is 2.94. The molecule has 1 aromatic rings. The Hall–Kier alpha value is -1.11. The first-order chi connectivity index (χ1) is 8.50. The van der Waals surface area contributed by atoms with E-state index in [2.05, 4.69) is 26.8 Å². The molecule has 0 heterocycles. The predicted molar refractivity (Wildman–Crippen MR) is 76.0 cm³/mol. The van der Waals surface area contributed by atoms with E-state index in [1.165, 1.54) is 24.8 Å². The zero-order valence-corrected chi connectivity index (χ0v) is 11.8. The number of Topliss-reactive ketones (excluding diaryl/α,β-unsaturated/α-hetero) is 1. The van der Waals surface area contributed by atoms with Gasteiger partial charge >= 0.3 is 0 Å². The molecule has 0 amide bonds. The lowest BCUT2D eigenvalue weighted by Gasteiger charge is -2.26. The van der Waals surface area contributed by atoms with Crippen molar-refractivity contribution in [3.8, 4) is 0 Å². The van der Waals surface area contributed by atoms with Crippen LogP contribution in [0.1, 0.15) is 68.8 Å². The van der Waals surface area contributed by atoms with Crippen molar-refractivity contribution in [1.29, 1.82) is 0 Å². The largest absolute Gasteiger partial charge is 0.294 e. The van der Waals surface area contributed by atoms with Crippen LogP contribution in [0.15, 0.2) is 24.3 Å². The first kappa shape index (κ1) is 13.3. The van der Waals surface area contributed by atoms with E-state index in [4.69, 9.17) is 0 Å². The predicted octanol–water partition coefficient (Wildman–Crippen LogP) is 4.75. The van der Waals surface area contributed by atoms with Gasteiger partial charge in [0.15, 0.2) is 5.78 Å². The minimum Gasteiger partial charge on any atom is -0.294 e. The molecule has 0 bridgehead atoms. The van der Waals surface area contributed by atoms with Crippen LogP contribution in [0.25, 0.3) is 0 Å². The van der Waals surface area contributed by atoms with E-state index in [0.29, 0.717) is 5.78 Å². The molecule has 0 saturated heterocycles. The molecule has 1 aliphatic rings. The number of carbonyl (C=O) groups excluding carboxylic acids is 1. The third-order valence-corrected chi connectivity index (χ3v) is 3.98. The Bertz CT molecular complexity index is 419. The van der Waals surface area contributed by atoms with Crippen LogP contribution in [-0.4, -0.2) is 5.78 Å². The van der Waals surface area contributed by atoms with Gasteiger partial charge in [0.05, 0.1) is 0 Å². The van der Waals surface area contributed by atoms with Crippen LogP contribution in [0.3, 0.4) is 0 Å². The van der Waals surface area contributed by atoms with Gasteiger partial charge in [0.25, 0.3) is 0 Å². The molecule has 1 aromatic carbocycles. The molecule has 0 unspecified atom stereocenters. The normalized spacial score (nSPS) is 17.7. The maximum atomic E-state index is 12.7. The van der Waals surface area contributed by atoms with Gasteiger partial charge in [-0.25, -0.2) is 0 Å². The van der Waals surface area contributed by atoms with Gasteiger partial charge in [-0.15, -0.1) is 0 Å². The number of carbonyl (C=O) groups is 1. The van der Waals surface area contributed by atoms with Gasteiger partial charge in [0.2, 0.25) is 0 Å². The van der Waals surface area contributed by atoms with Gasteiger partial charge in [-0.05, 0) is 23.8 Å². The zero-order valence-electron chi connectivity index (χ0n) is 11.8. The highest BCUT2D eigenvalue weighted by Crippen LogP contribution is 2.31. The summed E-state index contributed by atoms with van der Waals surface area (Å²) in [5, 5.41) is 0. The summed E-state index contributed by atoms with van der Waals surface area (Å²) in [7, 11) is 0. The second-order valence-electron chi connectivity index (χ2n) is 6.49. The highest BCUT2D eigenvalue weighted by Gasteiger charge is 2.27. The lowest BCUT2D eigenvalue weighted by molar-refractivity contribution is 0.0887. The van der Waals surface area contributed by atoms with Crippen LogP contribution in [0, 0.1) is 5.92 Å². The topological polar surface area (TPSA) is 17.1 Å². The Morgan fingerprint density at radius 1 is 1.06 bits per heavy atom. The summed E-state index contributed by atoms with van der Waals surface area (Å²) in [6.07, 6.45) is 5.89. The average molecular weight is 244 g/mol. The van der Waals surface area contributed by atoms with E-state index < -0.39 is 0 Å². The van der Waals surface area contributed by atoms with Gasteiger partial charge in [-0.1, -0.05) is 64.3 Å². The Morgan fingerprint density at radius 2 is 1.67 bits per heavy atom. The lowest BCUT2D eigenvalue weighted by Crippen LogP contribution is -2.23. The summed E-state index contributed by atoms with van der Waals surface area (Å²) in [6, 6.07) is 8.15. The highest BCUT2D eigenvalue weighted by atomic mass is 16.1. The van der Waals surface area contributed by atoms with E-state index in [9.17, 15) is 4.79 Å². The molecule has 1 nitrogen and oxygen atoms in total. The van der Waals surface area contributed by atoms with Gasteiger partial charge in [-0.3, -0.25) is 4.79 Å². The monoisotopic (exact) mass is 244 g/mol. The average Bonchev–Trinajstić information content (AvgIpc) is 2.38. The van der Waals surface area contributed by atoms with Crippen molar-refractivity contribution in [2.45, 2.75) is 58.3 Å². The van der Waals surface area contributed by atoms with E-state index in [0.717, 1.165) is 18.4 Å². The zero-order chi connectivity index (χ0) is 13.2. The fraction of sp³-hybridized carbons (Fsp3) is 0.588. The fourth-order valence-electron chi connectivity index (χ4n) is 2.94. The second-order valence-corrected chi connectivity index (χ2v) is 6.49. The minimum atomic E-state index is 0.0426. The molecule has 0 N–H and O–H groups in total. The van der Waals surface area contributed by atoms with Crippen molar-refractivity contribution in [3.63, 3.8) is 0 Å². The molecule has 1 heteroatoms.